The average molecular weight is 465 g/mol. The number of nitrogens with one attached hydrogen (secondary N) is 2. The SMILES string of the molecule is C1CCC(NC2CCCCC2)CC1.CCCCCC/C=C/CC(=O)N[C@H](CCCC)C(=O)O. The molecule has 3 N–H and O–H groups in total. The van der Waals surface area contributed by atoms with Gasteiger partial charge in [0, 0.05) is 18.5 Å². The van der Waals surface area contributed by atoms with E-state index in [2.05, 4.69) is 17.6 Å². The Bertz CT molecular complexity index is 507. The normalized spacial score (nSPS) is 18.5. The van der Waals surface area contributed by atoms with Crippen LogP contribution in [0.1, 0.15) is 136 Å². The summed E-state index contributed by atoms with van der Waals surface area (Å²) in [5, 5.41) is 15.4. The number of carboxylic acids is 1. The summed E-state index contributed by atoms with van der Waals surface area (Å²) in [6, 6.07) is 0.995. The van der Waals surface area contributed by atoms with Crippen LogP contribution in [-0.2, 0) is 9.59 Å². The number of aliphatic carboxylic acids is 1. The summed E-state index contributed by atoms with van der Waals surface area (Å²) in [5.74, 6) is -1.16. The van der Waals surface area contributed by atoms with Gasteiger partial charge in [0.05, 0.1) is 0 Å². The van der Waals surface area contributed by atoms with Gasteiger partial charge in [0.2, 0.25) is 5.91 Å². The molecule has 0 aromatic heterocycles. The summed E-state index contributed by atoms with van der Waals surface area (Å²) in [5.41, 5.74) is 0. The van der Waals surface area contributed by atoms with Gasteiger partial charge in [-0.05, 0) is 44.9 Å². The van der Waals surface area contributed by atoms with Crippen LogP contribution in [0.15, 0.2) is 12.2 Å². The van der Waals surface area contributed by atoms with Crippen LogP contribution in [0.3, 0.4) is 0 Å². The Morgan fingerprint density at radius 2 is 1.39 bits per heavy atom. The second-order valence-corrected chi connectivity index (χ2v) is 9.96. The predicted molar refractivity (Wildman–Crippen MR) is 138 cm³/mol. The smallest absolute Gasteiger partial charge is 0.326 e. The van der Waals surface area contributed by atoms with Crippen molar-refractivity contribution < 1.29 is 14.7 Å². The second-order valence-electron chi connectivity index (χ2n) is 9.96. The first-order valence-corrected chi connectivity index (χ1v) is 14.0. The van der Waals surface area contributed by atoms with Gasteiger partial charge >= 0.3 is 5.97 Å². The van der Waals surface area contributed by atoms with E-state index in [1.54, 1.807) is 0 Å². The number of amides is 1. The predicted octanol–water partition coefficient (Wildman–Crippen LogP) is 6.90. The Hall–Kier alpha value is -1.36. The first-order chi connectivity index (χ1) is 16.1. The maximum atomic E-state index is 11.6. The number of carbonyl (C=O) groups is 2. The zero-order valence-corrected chi connectivity index (χ0v) is 21.6. The monoisotopic (exact) mass is 464 g/mol. The molecule has 0 aromatic carbocycles. The quantitative estimate of drug-likeness (QED) is 0.193. The van der Waals surface area contributed by atoms with Crippen molar-refractivity contribution in [1.82, 2.24) is 10.6 Å². The van der Waals surface area contributed by atoms with Gasteiger partial charge in [-0.2, -0.15) is 0 Å². The lowest BCUT2D eigenvalue weighted by atomic mass is 9.91. The van der Waals surface area contributed by atoms with E-state index in [1.165, 1.54) is 83.5 Å². The van der Waals surface area contributed by atoms with Crippen molar-refractivity contribution in [3.8, 4) is 0 Å². The van der Waals surface area contributed by atoms with Gasteiger partial charge in [-0.25, -0.2) is 4.79 Å². The number of unbranched alkanes of at least 4 members (excludes halogenated alkanes) is 5. The molecule has 1 atom stereocenters. The molecule has 0 radical (unpaired) electrons. The van der Waals surface area contributed by atoms with E-state index in [-0.39, 0.29) is 12.3 Å². The summed E-state index contributed by atoms with van der Waals surface area (Å²) < 4.78 is 0. The minimum atomic E-state index is -0.949. The summed E-state index contributed by atoms with van der Waals surface area (Å²) in [6.07, 6.45) is 26.8. The highest BCUT2D eigenvalue weighted by Crippen LogP contribution is 2.22. The number of hydrogen-bond acceptors (Lipinski definition) is 3. The summed E-state index contributed by atoms with van der Waals surface area (Å²) in [7, 11) is 0. The van der Waals surface area contributed by atoms with Crippen molar-refractivity contribution in [2.75, 3.05) is 0 Å². The van der Waals surface area contributed by atoms with Crippen LogP contribution in [0, 0.1) is 0 Å². The zero-order chi connectivity index (χ0) is 24.2. The lowest BCUT2D eigenvalue weighted by Gasteiger charge is -2.30. The second kappa shape index (κ2) is 20.1. The molecule has 0 unspecified atom stereocenters. The number of allylic oxidation sites excluding steroid dienone is 1. The third-order valence-electron chi connectivity index (χ3n) is 6.86. The number of rotatable bonds is 14. The van der Waals surface area contributed by atoms with E-state index in [1.807, 2.05) is 19.1 Å². The maximum Gasteiger partial charge on any atom is 0.326 e. The van der Waals surface area contributed by atoms with Crippen molar-refractivity contribution in [3.63, 3.8) is 0 Å². The third kappa shape index (κ3) is 16.0. The fourth-order valence-electron chi connectivity index (χ4n) is 4.79. The molecule has 2 aliphatic carbocycles. The highest BCUT2D eigenvalue weighted by Gasteiger charge is 2.19. The lowest BCUT2D eigenvalue weighted by Crippen LogP contribution is -2.40. The van der Waals surface area contributed by atoms with E-state index < -0.39 is 12.0 Å². The summed E-state index contributed by atoms with van der Waals surface area (Å²) in [6.45, 7) is 4.18. The van der Waals surface area contributed by atoms with Crippen LogP contribution in [0.5, 0.6) is 0 Å². The molecule has 2 rings (SSSR count). The molecule has 2 fully saturated rings. The third-order valence-corrected chi connectivity index (χ3v) is 6.86. The van der Waals surface area contributed by atoms with Gasteiger partial charge in [0.15, 0.2) is 0 Å². The van der Waals surface area contributed by atoms with Crippen molar-refractivity contribution >= 4 is 11.9 Å². The molecule has 33 heavy (non-hydrogen) atoms. The number of carbonyl (C=O) groups excluding carboxylic acids is 1. The van der Waals surface area contributed by atoms with Crippen molar-refractivity contribution in [2.45, 2.75) is 154 Å². The molecule has 192 valence electrons. The van der Waals surface area contributed by atoms with Gasteiger partial charge in [-0.1, -0.05) is 96.6 Å². The molecule has 1 amide bonds. The van der Waals surface area contributed by atoms with E-state index in [9.17, 15) is 9.59 Å². The Morgan fingerprint density at radius 3 is 1.91 bits per heavy atom. The van der Waals surface area contributed by atoms with Gasteiger partial charge < -0.3 is 15.7 Å². The van der Waals surface area contributed by atoms with Crippen LogP contribution < -0.4 is 10.6 Å². The van der Waals surface area contributed by atoms with Gasteiger partial charge in [-0.15, -0.1) is 0 Å². The number of hydrogen-bond donors (Lipinski definition) is 3. The Balaban J connectivity index is 0.000000357. The van der Waals surface area contributed by atoms with E-state index >= 15 is 0 Å². The largest absolute Gasteiger partial charge is 0.480 e. The highest BCUT2D eigenvalue weighted by molar-refractivity contribution is 5.84. The van der Waals surface area contributed by atoms with Crippen LogP contribution in [0.2, 0.25) is 0 Å². The standard InChI is InChI=1S/C16H29NO3.C12H23N/c1-3-5-7-8-9-10-11-13-15(18)17-14(16(19)20)12-6-4-2;1-3-7-11(8-4-1)13-12-9-5-2-6-10-12/h10-11,14H,3-9,12-13H2,1-2H3,(H,17,18)(H,19,20);11-13H,1-10H2/b11-10+;/t14-;/m1./s1. The number of carboxylic acid groups (broad SMARTS) is 1. The molecule has 0 saturated heterocycles. The minimum Gasteiger partial charge on any atom is -0.480 e. The fraction of sp³-hybridized carbons (Fsp3) is 0.857. The fourth-order valence-corrected chi connectivity index (χ4v) is 4.79. The first-order valence-electron chi connectivity index (χ1n) is 14.0. The molecular formula is C28H52N2O3. The molecule has 0 bridgehead atoms. The van der Waals surface area contributed by atoms with E-state index in [4.69, 9.17) is 5.11 Å². The molecule has 2 saturated carbocycles. The molecule has 5 nitrogen and oxygen atoms in total. The van der Waals surface area contributed by atoms with Crippen LogP contribution >= 0.6 is 0 Å². The van der Waals surface area contributed by atoms with Gasteiger partial charge in [-0.3, -0.25) is 4.79 Å². The Morgan fingerprint density at radius 1 is 0.818 bits per heavy atom. The minimum absolute atomic E-state index is 0.210. The molecular weight excluding hydrogens is 412 g/mol. The van der Waals surface area contributed by atoms with E-state index in [0.29, 0.717) is 6.42 Å². The zero-order valence-electron chi connectivity index (χ0n) is 21.6. The van der Waals surface area contributed by atoms with Crippen molar-refractivity contribution in [3.05, 3.63) is 12.2 Å². The molecule has 0 spiro atoms. The maximum absolute atomic E-state index is 11.6. The van der Waals surface area contributed by atoms with Crippen molar-refractivity contribution in [2.24, 2.45) is 0 Å². The Labute approximate surface area is 203 Å². The lowest BCUT2D eigenvalue weighted by molar-refractivity contribution is -0.141. The van der Waals surface area contributed by atoms with Crippen LogP contribution in [0.4, 0.5) is 0 Å². The molecule has 0 aromatic rings. The van der Waals surface area contributed by atoms with Gasteiger partial charge in [0.1, 0.15) is 6.04 Å². The molecule has 5 heteroatoms. The summed E-state index contributed by atoms with van der Waals surface area (Å²) >= 11 is 0. The van der Waals surface area contributed by atoms with Crippen LogP contribution in [-0.4, -0.2) is 35.1 Å². The topological polar surface area (TPSA) is 78.4 Å². The van der Waals surface area contributed by atoms with Gasteiger partial charge in [0.25, 0.3) is 0 Å². The Kier molecular flexibility index (Phi) is 18.0. The first kappa shape index (κ1) is 29.7. The molecule has 0 aliphatic heterocycles. The molecule has 0 heterocycles. The molecule has 2 aliphatic rings. The van der Waals surface area contributed by atoms with E-state index in [0.717, 1.165) is 37.8 Å². The summed E-state index contributed by atoms with van der Waals surface area (Å²) in [4.78, 5) is 22.6. The average Bonchev–Trinajstić information content (AvgIpc) is 2.83. The van der Waals surface area contributed by atoms with Crippen LogP contribution in [0.25, 0.3) is 0 Å². The highest BCUT2D eigenvalue weighted by atomic mass is 16.4. The van der Waals surface area contributed by atoms with Crippen molar-refractivity contribution in [1.29, 1.82) is 0 Å².